The van der Waals surface area contributed by atoms with E-state index in [1.807, 2.05) is 18.4 Å². The van der Waals surface area contributed by atoms with Crippen LogP contribution in [0.5, 0.6) is 0 Å². The molecule has 0 saturated carbocycles. The molecule has 2 N–H and O–H groups in total. The monoisotopic (exact) mass is 527 g/mol. The number of unbranched alkanes of at least 4 members (excludes halogenated alkanes) is 1. The lowest BCUT2D eigenvalue weighted by Gasteiger charge is -2.36. The molecule has 1 saturated heterocycles. The van der Waals surface area contributed by atoms with Crippen LogP contribution >= 0.6 is 35.3 Å². The Hall–Kier alpha value is -1.32. The molecular formula is C22H34IN5S. The first kappa shape index (κ1) is 24.0. The number of hydrogen-bond acceptors (Lipinski definition) is 4. The van der Waals surface area contributed by atoms with Crippen molar-refractivity contribution >= 4 is 47.0 Å². The number of guanidine groups is 1. The Kier molecular flexibility index (Phi) is 10.8. The van der Waals surface area contributed by atoms with Crippen molar-refractivity contribution in [3.63, 3.8) is 0 Å². The predicted octanol–water partition coefficient (Wildman–Crippen LogP) is 3.94. The topological polar surface area (TPSA) is 42.9 Å². The molecule has 7 heteroatoms. The van der Waals surface area contributed by atoms with Crippen LogP contribution in [-0.4, -0.2) is 57.2 Å². The minimum Gasteiger partial charge on any atom is -0.369 e. The van der Waals surface area contributed by atoms with Gasteiger partial charge in [-0.3, -0.25) is 9.89 Å². The maximum absolute atomic E-state index is 4.32. The molecule has 1 aliphatic rings. The van der Waals surface area contributed by atoms with Gasteiger partial charge in [-0.15, -0.1) is 35.3 Å². The third kappa shape index (κ3) is 8.14. The van der Waals surface area contributed by atoms with Gasteiger partial charge in [0.05, 0.1) is 6.54 Å². The molecule has 0 aliphatic carbocycles. The fraction of sp³-hybridized carbons (Fsp3) is 0.500. The molecule has 29 heavy (non-hydrogen) atoms. The molecule has 1 aromatic carbocycles. The number of halogens is 1. The van der Waals surface area contributed by atoms with Crippen molar-refractivity contribution in [3.8, 4) is 0 Å². The van der Waals surface area contributed by atoms with Crippen LogP contribution in [0.4, 0.5) is 5.69 Å². The molecule has 1 aromatic heterocycles. The van der Waals surface area contributed by atoms with E-state index < -0.39 is 0 Å². The smallest absolute Gasteiger partial charge is 0.191 e. The van der Waals surface area contributed by atoms with Crippen molar-refractivity contribution in [2.75, 3.05) is 51.2 Å². The Morgan fingerprint density at radius 2 is 1.76 bits per heavy atom. The first-order valence-electron chi connectivity index (χ1n) is 10.3. The van der Waals surface area contributed by atoms with Crippen molar-refractivity contribution < 1.29 is 0 Å². The predicted molar refractivity (Wildman–Crippen MR) is 137 cm³/mol. The number of nitrogens with zero attached hydrogens (tertiary/aromatic N) is 3. The van der Waals surface area contributed by atoms with Gasteiger partial charge in [0.25, 0.3) is 0 Å². The van der Waals surface area contributed by atoms with Crippen LogP contribution in [0.2, 0.25) is 0 Å². The third-order valence-corrected chi connectivity index (χ3v) is 6.14. The van der Waals surface area contributed by atoms with Crippen molar-refractivity contribution in [1.29, 1.82) is 0 Å². The van der Waals surface area contributed by atoms with Crippen molar-refractivity contribution in [2.24, 2.45) is 4.99 Å². The lowest BCUT2D eigenvalue weighted by molar-refractivity contribution is 0.253. The molecule has 0 amide bonds. The average molecular weight is 528 g/mol. The van der Waals surface area contributed by atoms with Gasteiger partial charge >= 0.3 is 0 Å². The number of benzene rings is 1. The molecule has 3 rings (SSSR count). The highest BCUT2D eigenvalue weighted by molar-refractivity contribution is 14.0. The maximum Gasteiger partial charge on any atom is 0.191 e. The summed E-state index contributed by atoms with van der Waals surface area (Å²) < 4.78 is 0. The summed E-state index contributed by atoms with van der Waals surface area (Å²) in [5.41, 5.74) is 1.35. The number of aryl methyl sites for hydroxylation is 1. The van der Waals surface area contributed by atoms with E-state index in [0.29, 0.717) is 0 Å². The van der Waals surface area contributed by atoms with Crippen molar-refractivity contribution in [1.82, 2.24) is 15.5 Å². The van der Waals surface area contributed by atoms with Crippen molar-refractivity contribution in [2.45, 2.75) is 26.3 Å². The molecule has 1 aliphatic heterocycles. The number of anilines is 1. The molecule has 1 fully saturated rings. The fourth-order valence-electron chi connectivity index (χ4n) is 3.51. The van der Waals surface area contributed by atoms with Gasteiger partial charge in [-0.05, 0) is 50.6 Å². The minimum absolute atomic E-state index is 0. The number of piperazine rings is 1. The largest absolute Gasteiger partial charge is 0.369 e. The quantitative estimate of drug-likeness (QED) is 0.236. The highest BCUT2D eigenvalue weighted by atomic mass is 127. The van der Waals surface area contributed by atoms with E-state index in [2.05, 4.69) is 74.8 Å². The Morgan fingerprint density at radius 3 is 2.41 bits per heavy atom. The zero-order chi connectivity index (χ0) is 19.6. The number of nitrogens with one attached hydrogen (secondary N) is 2. The van der Waals surface area contributed by atoms with Crippen LogP contribution in [0.25, 0.3) is 0 Å². The number of rotatable bonds is 8. The van der Waals surface area contributed by atoms with E-state index in [0.717, 1.165) is 51.6 Å². The highest BCUT2D eigenvalue weighted by Gasteiger charge is 2.16. The van der Waals surface area contributed by atoms with E-state index in [1.165, 1.54) is 28.4 Å². The van der Waals surface area contributed by atoms with Crippen LogP contribution in [0.15, 0.2) is 47.5 Å². The van der Waals surface area contributed by atoms with Crippen molar-refractivity contribution in [3.05, 3.63) is 52.2 Å². The maximum atomic E-state index is 4.32. The second-order valence-electron chi connectivity index (χ2n) is 7.24. The molecule has 0 atom stereocenters. The molecule has 2 heterocycles. The van der Waals surface area contributed by atoms with Crippen LogP contribution in [0, 0.1) is 6.92 Å². The summed E-state index contributed by atoms with van der Waals surface area (Å²) in [6.07, 6.45) is 2.39. The summed E-state index contributed by atoms with van der Waals surface area (Å²) in [4.78, 5) is 12.1. The molecular weight excluding hydrogens is 493 g/mol. The Balaban J connectivity index is 0.00000300. The summed E-state index contributed by atoms with van der Waals surface area (Å²) in [5, 5.41) is 6.82. The van der Waals surface area contributed by atoms with Gasteiger partial charge in [0.1, 0.15) is 0 Å². The van der Waals surface area contributed by atoms with E-state index in [-0.39, 0.29) is 24.0 Å². The standard InChI is InChI=1S/C22H33N5S.HI/c1-19-10-11-21(28-19)18-25-22(23-2)24-12-6-7-13-26-14-16-27(17-15-26)20-8-4-3-5-9-20;/h3-5,8-11H,6-7,12-18H2,1-2H3,(H2,23,24,25);1H. The first-order valence-corrected chi connectivity index (χ1v) is 11.1. The van der Waals surface area contributed by atoms with Gasteiger partial charge in [0.2, 0.25) is 0 Å². The normalized spacial score (nSPS) is 15.1. The van der Waals surface area contributed by atoms with Gasteiger partial charge in [-0.1, -0.05) is 18.2 Å². The number of hydrogen-bond donors (Lipinski definition) is 2. The van der Waals surface area contributed by atoms with Crippen LogP contribution in [0.1, 0.15) is 22.6 Å². The molecule has 160 valence electrons. The van der Waals surface area contributed by atoms with E-state index in [9.17, 15) is 0 Å². The summed E-state index contributed by atoms with van der Waals surface area (Å²) in [6, 6.07) is 15.1. The molecule has 2 aromatic rings. The van der Waals surface area contributed by atoms with E-state index in [4.69, 9.17) is 0 Å². The second-order valence-corrected chi connectivity index (χ2v) is 8.61. The zero-order valence-corrected chi connectivity index (χ0v) is 20.7. The summed E-state index contributed by atoms with van der Waals surface area (Å²) in [5.74, 6) is 0.891. The molecule has 0 bridgehead atoms. The highest BCUT2D eigenvalue weighted by Crippen LogP contribution is 2.16. The van der Waals surface area contributed by atoms with Crippen LogP contribution in [0.3, 0.4) is 0 Å². The molecule has 0 radical (unpaired) electrons. The molecule has 5 nitrogen and oxygen atoms in total. The van der Waals surface area contributed by atoms with E-state index in [1.54, 1.807) is 0 Å². The Bertz CT molecular complexity index is 726. The summed E-state index contributed by atoms with van der Waals surface area (Å²) in [6.45, 7) is 9.70. The SMILES string of the molecule is CN=C(NCCCCN1CCN(c2ccccc2)CC1)NCc1ccc(C)s1.I. The molecule has 0 spiro atoms. The number of para-hydroxylation sites is 1. The lowest BCUT2D eigenvalue weighted by atomic mass is 10.2. The molecule has 0 unspecified atom stereocenters. The zero-order valence-electron chi connectivity index (χ0n) is 17.6. The van der Waals surface area contributed by atoms with Gasteiger partial charge < -0.3 is 15.5 Å². The first-order chi connectivity index (χ1) is 13.7. The Labute approximate surface area is 196 Å². The fourth-order valence-corrected chi connectivity index (χ4v) is 4.34. The van der Waals surface area contributed by atoms with Gasteiger partial charge in [-0.2, -0.15) is 0 Å². The number of aliphatic imine (C=N–C) groups is 1. The van der Waals surface area contributed by atoms with Gasteiger partial charge in [0, 0.05) is 55.2 Å². The number of thiophene rings is 1. The van der Waals surface area contributed by atoms with Crippen LogP contribution in [-0.2, 0) is 6.54 Å². The average Bonchev–Trinajstić information content (AvgIpc) is 3.16. The minimum atomic E-state index is 0. The van der Waals surface area contributed by atoms with Crippen LogP contribution < -0.4 is 15.5 Å². The van der Waals surface area contributed by atoms with Gasteiger partial charge in [-0.25, -0.2) is 0 Å². The summed E-state index contributed by atoms with van der Waals surface area (Å²) >= 11 is 1.83. The van der Waals surface area contributed by atoms with Gasteiger partial charge in [0.15, 0.2) is 5.96 Å². The summed E-state index contributed by atoms with van der Waals surface area (Å²) in [7, 11) is 1.83. The Morgan fingerprint density at radius 1 is 1.00 bits per heavy atom. The second kappa shape index (κ2) is 13.1. The van der Waals surface area contributed by atoms with E-state index >= 15 is 0 Å². The lowest BCUT2D eigenvalue weighted by Crippen LogP contribution is -2.46. The third-order valence-electron chi connectivity index (χ3n) is 5.14.